The van der Waals surface area contributed by atoms with Gasteiger partial charge in [-0.2, -0.15) is 0 Å². The lowest BCUT2D eigenvalue weighted by molar-refractivity contribution is 0.0603. The minimum Gasteiger partial charge on any atom is -0.465 e. The fraction of sp³-hybridized carbons (Fsp3) is 0.267. The maximum absolute atomic E-state index is 11.9. The molecule has 2 unspecified atom stereocenters. The molecule has 0 aromatic carbocycles. The van der Waals surface area contributed by atoms with Gasteiger partial charge in [-0.3, -0.25) is 4.98 Å². The van der Waals surface area contributed by atoms with Crippen LogP contribution in [0, 0.1) is 0 Å². The number of amidine groups is 1. The average molecular weight is 381 g/mol. The van der Waals surface area contributed by atoms with Gasteiger partial charge in [0.2, 0.25) is 0 Å². The molecule has 124 valence electrons. The molecule has 1 aliphatic heterocycles. The summed E-state index contributed by atoms with van der Waals surface area (Å²) in [4.78, 5) is 25.1. The number of thiophene rings is 1. The van der Waals surface area contributed by atoms with Crippen molar-refractivity contribution >= 4 is 67.1 Å². The Bertz CT molecular complexity index is 906. The average Bonchev–Trinajstić information content (AvgIpc) is 3.00. The number of nitrogens with two attached hydrogens (primary N) is 1. The van der Waals surface area contributed by atoms with Gasteiger partial charge in [-0.25, -0.2) is 14.8 Å². The Morgan fingerprint density at radius 2 is 2.29 bits per heavy atom. The zero-order chi connectivity index (χ0) is 17.4. The van der Waals surface area contributed by atoms with Crippen LogP contribution >= 0.6 is 35.2 Å². The van der Waals surface area contributed by atoms with Gasteiger partial charge in [0.1, 0.15) is 17.2 Å². The van der Waals surface area contributed by atoms with E-state index in [4.69, 9.17) is 34.3 Å². The molecule has 24 heavy (non-hydrogen) atoms. The summed E-state index contributed by atoms with van der Waals surface area (Å²) in [5, 5.41) is 2.73. The van der Waals surface area contributed by atoms with Crippen LogP contribution in [0.15, 0.2) is 27.6 Å². The van der Waals surface area contributed by atoms with Crippen molar-refractivity contribution in [2.45, 2.75) is 19.0 Å². The highest BCUT2D eigenvalue weighted by Gasteiger charge is 2.25. The molecule has 0 fully saturated rings. The number of carbonyl (C=O) groups excluding carboxylic acids is 1. The number of fused-ring (bicyclic) bond motifs is 1. The Morgan fingerprint density at radius 3 is 2.96 bits per heavy atom. The fourth-order valence-corrected chi connectivity index (χ4v) is 3.48. The number of esters is 1. The quantitative estimate of drug-likeness (QED) is 0.653. The fourth-order valence-electron chi connectivity index (χ4n) is 2.30. The predicted octanol–water partition coefficient (Wildman–Crippen LogP) is 2.89. The molecule has 1 aliphatic rings. The van der Waals surface area contributed by atoms with Gasteiger partial charge in [-0.1, -0.05) is 23.8 Å². The molecule has 0 spiro atoms. The molecular formula is C15H13ClN4O2S2. The van der Waals surface area contributed by atoms with Crippen LogP contribution in [0.1, 0.15) is 28.9 Å². The van der Waals surface area contributed by atoms with E-state index in [1.807, 2.05) is 13.0 Å². The lowest BCUT2D eigenvalue weighted by Crippen LogP contribution is -2.36. The number of ether oxygens (including phenoxy) is 1. The number of methoxy groups -OCH3 is 1. The molecule has 0 saturated carbocycles. The van der Waals surface area contributed by atoms with Crippen LogP contribution < -0.4 is 5.73 Å². The Morgan fingerprint density at radius 1 is 1.54 bits per heavy atom. The molecule has 0 radical (unpaired) electrons. The molecule has 2 aromatic rings. The van der Waals surface area contributed by atoms with E-state index in [9.17, 15) is 4.79 Å². The van der Waals surface area contributed by atoms with Crippen LogP contribution in [0.25, 0.3) is 10.1 Å². The molecule has 2 atom stereocenters. The molecule has 3 heterocycles. The summed E-state index contributed by atoms with van der Waals surface area (Å²) in [6.45, 7) is 1.89. The highest BCUT2D eigenvalue weighted by atomic mass is 35.5. The summed E-state index contributed by atoms with van der Waals surface area (Å²) in [5.74, 6) is -0.167. The number of nitrogens with zero attached hydrogens (tertiary/aromatic N) is 3. The number of pyridine rings is 1. The van der Waals surface area contributed by atoms with Gasteiger partial charge in [0.15, 0.2) is 0 Å². The monoisotopic (exact) mass is 380 g/mol. The Kier molecular flexibility index (Phi) is 4.73. The highest BCUT2D eigenvalue weighted by molar-refractivity contribution is 7.82. The lowest BCUT2D eigenvalue weighted by atomic mass is 10.0. The molecule has 0 saturated heterocycles. The minimum atomic E-state index is -0.682. The number of hydrogen-bond donors (Lipinski definition) is 1. The maximum Gasteiger partial charge on any atom is 0.339 e. The summed E-state index contributed by atoms with van der Waals surface area (Å²) in [6, 6.07) is 1.84. The predicted molar refractivity (Wildman–Crippen MR) is 101 cm³/mol. The van der Waals surface area contributed by atoms with E-state index in [1.165, 1.54) is 18.4 Å². The third-order valence-electron chi connectivity index (χ3n) is 3.67. The smallest absolute Gasteiger partial charge is 0.339 e. The number of rotatable bonds is 3. The molecule has 9 heteroatoms. The number of thiocarbonyl (C=S) groups is 1. The van der Waals surface area contributed by atoms with E-state index >= 15 is 0 Å². The van der Waals surface area contributed by atoms with E-state index < -0.39 is 6.17 Å². The first-order chi connectivity index (χ1) is 11.4. The molecule has 2 N–H and O–H groups in total. The molecule has 3 rings (SSSR count). The van der Waals surface area contributed by atoms with Crippen molar-refractivity contribution in [3.8, 4) is 0 Å². The first-order valence-electron chi connectivity index (χ1n) is 6.99. The summed E-state index contributed by atoms with van der Waals surface area (Å²) < 4.78 is 5.71. The van der Waals surface area contributed by atoms with Crippen molar-refractivity contribution in [1.29, 1.82) is 0 Å². The zero-order valence-electron chi connectivity index (χ0n) is 12.8. The molecule has 2 aromatic heterocycles. The summed E-state index contributed by atoms with van der Waals surface area (Å²) in [6.07, 6.45) is 1.04. The minimum absolute atomic E-state index is 0.182. The van der Waals surface area contributed by atoms with Crippen molar-refractivity contribution in [2.24, 2.45) is 15.7 Å². The number of hydrogen-bond acceptors (Lipinski definition) is 8. The standard InChI is InChI=1S/C15H13ClN4O2S2/c1-6(14-19-12(16)11(23)13(17)20-14)9-3-7-8(15(21)22-2)5-24-10(7)4-18-9/h3-6,13H,17H2,1-2H3. The van der Waals surface area contributed by atoms with E-state index in [0.29, 0.717) is 22.0 Å². The van der Waals surface area contributed by atoms with Crippen LogP contribution in [0.3, 0.4) is 0 Å². The summed E-state index contributed by atoms with van der Waals surface area (Å²) in [5.41, 5.74) is 7.08. The Labute approximate surface area is 152 Å². The van der Waals surface area contributed by atoms with Gasteiger partial charge in [0.05, 0.1) is 33.8 Å². The van der Waals surface area contributed by atoms with E-state index in [2.05, 4.69) is 15.0 Å². The largest absolute Gasteiger partial charge is 0.465 e. The Balaban J connectivity index is 2.02. The Hall–Kier alpha value is -1.74. The van der Waals surface area contributed by atoms with Crippen LogP contribution in [0.4, 0.5) is 0 Å². The lowest BCUT2D eigenvalue weighted by Gasteiger charge is -2.18. The molecule has 0 amide bonds. The van der Waals surface area contributed by atoms with Gasteiger partial charge < -0.3 is 10.5 Å². The zero-order valence-corrected chi connectivity index (χ0v) is 15.2. The molecule has 6 nitrogen and oxygen atoms in total. The van der Waals surface area contributed by atoms with Crippen molar-refractivity contribution in [3.05, 3.63) is 28.9 Å². The maximum atomic E-state index is 11.9. The second-order valence-corrected chi connectivity index (χ2v) is 6.88. The van der Waals surface area contributed by atoms with Crippen molar-refractivity contribution < 1.29 is 9.53 Å². The number of aliphatic imine (C=N–C) groups is 2. The van der Waals surface area contributed by atoms with Gasteiger partial charge in [0.25, 0.3) is 0 Å². The molecule has 0 bridgehead atoms. The van der Waals surface area contributed by atoms with Gasteiger partial charge in [-0.15, -0.1) is 11.3 Å². The van der Waals surface area contributed by atoms with E-state index in [-0.39, 0.29) is 17.1 Å². The van der Waals surface area contributed by atoms with Gasteiger partial charge in [-0.05, 0) is 13.0 Å². The third-order valence-corrected chi connectivity index (χ3v) is 5.44. The topological polar surface area (TPSA) is 89.9 Å². The summed E-state index contributed by atoms with van der Waals surface area (Å²) >= 11 is 12.5. The number of carbonyl (C=O) groups is 1. The van der Waals surface area contributed by atoms with Crippen molar-refractivity contribution in [2.75, 3.05) is 7.11 Å². The highest BCUT2D eigenvalue weighted by Crippen LogP contribution is 2.29. The number of halogens is 1. The second kappa shape index (κ2) is 6.64. The number of aromatic nitrogens is 1. The second-order valence-electron chi connectivity index (χ2n) is 5.17. The first kappa shape index (κ1) is 17.1. The van der Waals surface area contributed by atoms with Crippen molar-refractivity contribution in [1.82, 2.24) is 4.98 Å². The normalized spacial score (nSPS) is 19.0. The SMILES string of the molecule is COC(=O)c1csc2cnc(C(C)C3=NC(N)C(=S)C(Cl)=N3)cc12. The van der Waals surface area contributed by atoms with Gasteiger partial charge >= 0.3 is 5.97 Å². The van der Waals surface area contributed by atoms with Crippen LogP contribution in [0.2, 0.25) is 0 Å². The van der Waals surface area contributed by atoms with E-state index in [1.54, 1.807) is 11.6 Å². The van der Waals surface area contributed by atoms with Crippen molar-refractivity contribution in [3.63, 3.8) is 0 Å². The van der Waals surface area contributed by atoms with Gasteiger partial charge in [0, 0.05) is 17.0 Å². The summed E-state index contributed by atoms with van der Waals surface area (Å²) in [7, 11) is 1.36. The third kappa shape index (κ3) is 2.98. The van der Waals surface area contributed by atoms with Crippen LogP contribution in [-0.4, -0.2) is 40.1 Å². The van der Waals surface area contributed by atoms with Crippen LogP contribution in [0.5, 0.6) is 0 Å². The van der Waals surface area contributed by atoms with E-state index in [0.717, 1.165) is 10.1 Å². The molecule has 0 aliphatic carbocycles. The van der Waals surface area contributed by atoms with Crippen LogP contribution in [-0.2, 0) is 4.74 Å². The molecular weight excluding hydrogens is 368 g/mol. The first-order valence-corrected chi connectivity index (χ1v) is 8.66.